The average Bonchev–Trinajstić information content (AvgIpc) is 3.70. The second kappa shape index (κ2) is 14.7. The number of aromatic nitrogens is 3. The highest BCUT2D eigenvalue weighted by Crippen LogP contribution is 2.46. The van der Waals surface area contributed by atoms with Crippen molar-refractivity contribution in [2.24, 2.45) is 0 Å². The van der Waals surface area contributed by atoms with E-state index < -0.39 is 0 Å². The van der Waals surface area contributed by atoms with Crippen LogP contribution in [0.2, 0.25) is 0 Å². The summed E-state index contributed by atoms with van der Waals surface area (Å²) in [5, 5.41) is 8.54. The minimum Gasteiger partial charge on any atom is -0.310 e. The maximum Gasteiger partial charge on any atom is 0.161 e. The van der Waals surface area contributed by atoms with Crippen LogP contribution in [0.3, 0.4) is 0 Å². The third-order valence-corrected chi connectivity index (χ3v) is 12.2. The summed E-state index contributed by atoms with van der Waals surface area (Å²) in [7, 11) is 0. The molecule has 0 aliphatic heterocycles. The fraction of sp³-hybridized carbons (Fsp3) is 0. The fourth-order valence-electron chi connectivity index (χ4n) is 9.44. The van der Waals surface area contributed by atoms with Crippen LogP contribution in [-0.2, 0) is 0 Å². The zero-order valence-electron chi connectivity index (χ0n) is 33.7. The topological polar surface area (TPSA) is 34.0 Å². The van der Waals surface area contributed by atoms with Gasteiger partial charge in [0, 0.05) is 50.4 Å². The summed E-state index contributed by atoms with van der Waals surface area (Å²) >= 11 is 0. The van der Waals surface area contributed by atoms with E-state index in [2.05, 4.69) is 222 Å². The first-order valence-electron chi connectivity index (χ1n) is 21.1. The van der Waals surface area contributed by atoms with E-state index >= 15 is 0 Å². The molecule has 0 fully saturated rings. The van der Waals surface area contributed by atoms with Crippen molar-refractivity contribution in [3.63, 3.8) is 0 Å². The molecule has 0 amide bonds. The third-order valence-electron chi connectivity index (χ3n) is 12.2. The van der Waals surface area contributed by atoms with Gasteiger partial charge in [0.2, 0.25) is 0 Å². The molecule has 0 spiro atoms. The largest absolute Gasteiger partial charge is 0.310 e. The standard InChI is InChI=1S/C58H38N4/c1-4-19-42(20-5-1)61(43-21-6-2-7-22-43)54-35-33-39(36-52(54)58-59-38-41-18-10-17-31-53(41)60-58)45-25-11-12-26-46(45)40-32-34-51-55(37-40)62(44-23-8-3-9-24-44)57-50-30-16-14-28-48(50)47-27-13-15-29-49(47)56(51)57/h1-38H. The Morgan fingerprint density at radius 1 is 0.403 bits per heavy atom. The van der Waals surface area contributed by atoms with Crippen LogP contribution >= 0.6 is 0 Å². The SMILES string of the molecule is c1ccc(N(c2ccccc2)c2ccc(-c3ccccc3-c3ccc4c5c6ccccc6c6ccccc6c5n(-c5ccccc5)c4c3)cc2-c2ncc3ccccc3n2)cc1. The number of hydrogen-bond acceptors (Lipinski definition) is 3. The number of nitrogens with zero attached hydrogens (tertiary/aromatic N) is 4. The summed E-state index contributed by atoms with van der Waals surface area (Å²) in [5.41, 5.74) is 13.0. The van der Waals surface area contributed by atoms with Gasteiger partial charge in [-0.25, -0.2) is 9.97 Å². The highest BCUT2D eigenvalue weighted by Gasteiger charge is 2.23. The molecule has 0 bridgehead atoms. The van der Waals surface area contributed by atoms with Crippen LogP contribution in [0, 0.1) is 0 Å². The van der Waals surface area contributed by atoms with E-state index in [1.807, 2.05) is 18.3 Å². The van der Waals surface area contributed by atoms with Gasteiger partial charge in [-0.05, 0) is 99.1 Å². The molecule has 2 heterocycles. The molecule has 12 aromatic rings. The second-order valence-electron chi connectivity index (χ2n) is 15.8. The van der Waals surface area contributed by atoms with Crippen LogP contribution in [0.1, 0.15) is 0 Å². The zero-order valence-corrected chi connectivity index (χ0v) is 33.7. The van der Waals surface area contributed by atoms with Crippen LogP contribution in [0.15, 0.2) is 231 Å². The van der Waals surface area contributed by atoms with Crippen LogP contribution < -0.4 is 4.90 Å². The van der Waals surface area contributed by atoms with Crippen molar-refractivity contribution < 1.29 is 0 Å². The van der Waals surface area contributed by atoms with Gasteiger partial charge in [-0.1, -0.05) is 164 Å². The summed E-state index contributed by atoms with van der Waals surface area (Å²) in [6.45, 7) is 0. The molecule has 0 aliphatic carbocycles. The molecule has 290 valence electrons. The van der Waals surface area contributed by atoms with E-state index in [4.69, 9.17) is 9.97 Å². The first-order valence-corrected chi connectivity index (χ1v) is 21.1. The lowest BCUT2D eigenvalue weighted by Crippen LogP contribution is -2.11. The molecule has 0 atom stereocenters. The van der Waals surface area contributed by atoms with E-state index in [-0.39, 0.29) is 0 Å². The van der Waals surface area contributed by atoms with E-state index in [0.717, 1.165) is 61.5 Å². The molecule has 0 N–H and O–H groups in total. The van der Waals surface area contributed by atoms with Crippen molar-refractivity contribution in [3.05, 3.63) is 231 Å². The van der Waals surface area contributed by atoms with E-state index in [9.17, 15) is 0 Å². The number of anilines is 3. The normalized spacial score (nSPS) is 11.5. The van der Waals surface area contributed by atoms with Crippen molar-refractivity contribution in [3.8, 4) is 39.3 Å². The zero-order chi connectivity index (χ0) is 41.0. The highest BCUT2D eigenvalue weighted by molar-refractivity contribution is 6.32. The maximum atomic E-state index is 5.19. The Morgan fingerprint density at radius 3 is 1.66 bits per heavy atom. The van der Waals surface area contributed by atoms with Crippen molar-refractivity contribution in [2.75, 3.05) is 4.90 Å². The lowest BCUT2D eigenvalue weighted by atomic mass is 9.92. The summed E-state index contributed by atoms with van der Waals surface area (Å²) in [6, 6.07) is 80.2. The Morgan fingerprint density at radius 2 is 0.952 bits per heavy atom. The summed E-state index contributed by atoms with van der Waals surface area (Å²) < 4.78 is 2.47. The quantitative estimate of drug-likeness (QED) is 0.151. The molecule has 4 nitrogen and oxygen atoms in total. The van der Waals surface area contributed by atoms with Gasteiger partial charge in [-0.3, -0.25) is 0 Å². The lowest BCUT2D eigenvalue weighted by Gasteiger charge is -2.28. The average molecular weight is 791 g/mol. The Hall–Kier alpha value is -8.34. The van der Waals surface area contributed by atoms with Gasteiger partial charge in [-0.2, -0.15) is 0 Å². The van der Waals surface area contributed by atoms with E-state index in [1.54, 1.807) is 0 Å². The predicted octanol–water partition coefficient (Wildman–Crippen LogP) is 15.5. The second-order valence-corrected chi connectivity index (χ2v) is 15.8. The van der Waals surface area contributed by atoms with Gasteiger partial charge in [0.1, 0.15) is 0 Å². The summed E-state index contributed by atoms with van der Waals surface area (Å²) in [4.78, 5) is 12.5. The van der Waals surface area contributed by atoms with Crippen LogP contribution in [0.5, 0.6) is 0 Å². The lowest BCUT2D eigenvalue weighted by molar-refractivity contribution is 1.19. The molecule has 10 aromatic carbocycles. The first kappa shape index (κ1) is 35.6. The number of benzene rings is 10. The molecular formula is C58H38N4. The van der Waals surface area contributed by atoms with Gasteiger partial charge in [0.15, 0.2) is 5.82 Å². The van der Waals surface area contributed by atoms with Gasteiger partial charge in [0.05, 0.1) is 22.2 Å². The minimum absolute atomic E-state index is 0.670. The van der Waals surface area contributed by atoms with Crippen molar-refractivity contribution >= 4 is 71.3 Å². The van der Waals surface area contributed by atoms with E-state index in [1.165, 1.54) is 43.4 Å². The van der Waals surface area contributed by atoms with Gasteiger partial charge < -0.3 is 9.47 Å². The molecule has 4 heteroatoms. The molecule has 0 aliphatic rings. The summed E-state index contributed by atoms with van der Waals surface area (Å²) in [5.74, 6) is 0.670. The Bertz CT molecular complexity index is 3590. The molecule has 62 heavy (non-hydrogen) atoms. The molecule has 0 radical (unpaired) electrons. The van der Waals surface area contributed by atoms with Crippen molar-refractivity contribution in [2.45, 2.75) is 0 Å². The third kappa shape index (κ3) is 5.84. The number of hydrogen-bond donors (Lipinski definition) is 0. The maximum absolute atomic E-state index is 5.19. The molecule has 2 aromatic heterocycles. The fourth-order valence-corrected chi connectivity index (χ4v) is 9.44. The monoisotopic (exact) mass is 790 g/mol. The van der Waals surface area contributed by atoms with Crippen LogP contribution in [0.25, 0.3) is 93.6 Å². The molecule has 0 saturated heterocycles. The minimum atomic E-state index is 0.670. The Balaban J connectivity index is 1.10. The first-order chi connectivity index (χ1) is 30.8. The van der Waals surface area contributed by atoms with Gasteiger partial charge in [-0.15, -0.1) is 0 Å². The summed E-state index contributed by atoms with van der Waals surface area (Å²) in [6.07, 6.45) is 1.94. The molecule has 0 unspecified atom stereocenters. The van der Waals surface area contributed by atoms with Gasteiger partial charge >= 0.3 is 0 Å². The van der Waals surface area contributed by atoms with Crippen molar-refractivity contribution in [1.82, 2.24) is 14.5 Å². The molecular weight excluding hydrogens is 753 g/mol. The number of para-hydroxylation sites is 4. The Kier molecular flexibility index (Phi) is 8.46. The van der Waals surface area contributed by atoms with Crippen LogP contribution in [0.4, 0.5) is 17.1 Å². The number of rotatable bonds is 7. The van der Waals surface area contributed by atoms with Crippen LogP contribution in [-0.4, -0.2) is 14.5 Å². The predicted molar refractivity (Wildman–Crippen MR) is 260 cm³/mol. The number of fused-ring (bicyclic) bond motifs is 9. The smallest absolute Gasteiger partial charge is 0.161 e. The molecule has 0 saturated carbocycles. The van der Waals surface area contributed by atoms with Gasteiger partial charge in [0.25, 0.3) is 0 Å². The Labute approximate surface area is 359 Å². The molecule has 12 rings (SSSR count). The highest BCUT2D eigenvalue weighted by atomic mass is 15.1. The van der Waals surface area contributed by atoms with Crippen molar-refractivity contribution in [1.29, 1.82) is 0 Å². The van der Waals surface area contributed by atoms with E-state index in [0.29, 0.717) is 5.82 Å².